The van der Waals surface area contributed by atoms with Crippen LogP contribution in [0.15, 0.2) is 46.6 Å². The molecule has 0 aliphatic heterocycles. The molecule has 1 heterocycles. The number of methoxy groups -OCH3 is 1. The van der Waals surface area contributed by atoms with Crippen molar-refractivity contribution < 1.29 is 33.2 Å². The molecule has 2 rings (SSSR count). The normalized spacial score (nSPS) is 11.2. The SMILES string of the molecule is COCCOCCOCCOCCOCCC(=O)Oc1ccccc1N=Nc1ccc(N)nc1N. The van der Waals surface area contributed by atoms with Gasteiger partial charge in [0.15, 0.2) is 11.6 Å². The molecule has 4 N–H and O–H groups in total. The van der Waals surface area contributed by atoms with Crippen LogP contribution in [0.1, 0.15) is 6.42 Å². The molecule has 0 atom stereocenters. The number of nitrogen functional groups attached to an aromatic ring is 2. The monoisotopic (exact) mass is 491 g/mol. The molecule has 0 radical (unpaired) electrons. The van der Waals surface area contributed by atoms with Crippen LogP contribution in [0.25, 0.3) is 0 Å². The van der Waals surface area contributed by atoms with Crippen molar-refractivity contribution in [2.24, 2.45) is 10.2 Å². The van der Waals surface area contributed by atoms with Gasteiger partial charge in [0, 0.05) is 7.11 Å². The van der Waals surface area contributed by atoms with Crippen LogP contribution in [0.3, 0.4) is 0 Å². The summed E-state index contributed by atoms with van der Waals surface area (Å²) in [6.07, 6.45) is 0.0759. The molecule has 0 amide bonds. The number of carbonyl (C=O) groups excluding carboxylic acids is 1. The van der Waals surface area contributed by atoms with Crippen LogP contribution < -0.4 is 16.2 Å². The number of aromatic nitrogens is 1. The van der Waals surface area contributed by atoms with Gasteiger partial charge in [-0.2, -0.15) is 0 Å². The van der Waals surface area contributed by atoms with Gasteiger partial charge in [-0.1, -0.05) is 12.1 Å². The first-order valence-corrected chi connectivity index (χ1v) is 11.1. The zero-order valence-corrected chi connectivity index (χ0v) is 19.9. The maximum Gasteiger partial charge on any atom is 0.313 e. The maximum atomic E-state index is 12.2. The summed E-state index contributed by atoms with van der Waals surface area (Å²) in [5.41, 5.74) is 12.1. The molecule has 0 aliphatic rings. The number of carbonyl (C=O) groups is 1. The molecule has 0 spiro atoms. The van der Waals surface area contributed by atoms with Crippen molar-refractivity contribution in [1.82, 2.24) is 4.98 Å². The van der Waals surface area contributed by atoms with Gasteiger partial charge in [-0.15, -0.1) is 10.2 Å². The van der Waals surface area contributed by atoms with E-state index in [1.165, 1.54) is 0 Å². The molecule has 12 heteroatoms. The van der Waals surface area contributed by atoms with E-state index in [0.29, 0.717) is 64.2 Å². The van der Waals surface area contributed by atoms with Gasteiger partial charge in [0.2, 0.25) is 0 Å². The highest BCUT2D eigenvalue weighted by molar-refractivity contribution is 5.74. The number of azo groups is 1. The van der Waals surface area contributed by atoms with Crippen LogP contribution in [0.4, 0.5) is 23.0 Å². The number of hydrogen-bond acceptors (Lipinski definition) is 12. The molecule has 0 fully saturated rings. The first-order chi connectivity index (χ1) is 17.1. The summed E-state index contributed by atoms with van der Waals surface area (Å²) in [6, 6.07) is 9.94. The summed E-state index contributed by atoms with van der Waals surface area (Å²) in [4.78, 5) is 16.1. The Labute approximate surface area is 204 Å². The molecule has 0 unspecified atom stereocenters. The van der Waals surface area contributed by atoms with E-state index in [1.807, 2.05) is 0 Å². The predicted molar refractivity (Wildman–Crippen MR) is 129 cm³/mol. The first-order valence-electron chi connectivity index (χ1n) is 11.1. The Morgan fingerprint density at radius 3 is 1.97 bits per heavy atom. The molecular formula is C23H33N5O7. The fraction of sp³-hybridized carbons (Fsp3) is 0.478. The largest absolute Gasteiger partial charge is 0.424 e. The topological polar surface area (TPSA) is 162 Å². The molecule has 1 aromatic carbocycles. The van der Waals surface area contributed by atoms with Crippen molar-refractivity contribution in [3.63, 3.8) is 0 Å². The predicted octanol–water partition coefficient (Wildman–Crippen LogP) is 2.67. The van der Waals surface area contributed by atoms with E-state index in [4.69, 9.17) is 39.9 Å². The summed E-state index contributed by atoms with van der Waals surface area (Å²) in [7, 11) is 1.63. The smallest absolute Gasteiger partial charge is 0.313 e. The summed E-state index contributed by atoms with van der Waals surface area (Å²) in [5.74, 6) is 0.258. The van der Waals surface area contributed by atoms with Gasteiger partial charge in [-0.05, 0) is 24.3 Å². The molecule has 0 bridgehead atoms. The van der Waals surface area contributed by atoms with E-state index in [1.54, 1.807) is 43.5 Å². The summed E-state index contributed by atoms with van der Waals surface area (Å²) in [5, 5.41) is 8.17. The number of benzene rings is 1. The minimum Gasteiger partial charge on any atom is -0.424 e. The van der Waals surface area contributed by atoms with Gasteiger partial charge in [0.05, 0.1) is 65.9 Å². The second-order valence-corrected chi connectivity index (χ2v) is 6.97. The Morgan fingerprint density at radius 2 is 1.34 bits per heavy atom. The van der Waals surface area contributed by atoms with Gasteiger partial charge < -0.3 is 39.9 Å². The highest BCUT2D eigenvalue weighted by Gasteiger charge is 2.09. The molecule has 192 valence electrons. The number of pyridine rings is 1. The van der Waals surface area contributed by atoms with Gasteiger partial charge in [-0.25, -0.2) is 4.98 Å². The number of nitrogens with zero attached hydrogens (tertiary/aromatic N) is 3. The van der Waals surface area contributed by atoms with Crippen LogP contribution in [-0.4, -0.2) is 77.5 Å². The molecule has 35 heavy (non-hydrogen) atoms. The third-order valence-electron chi connectivity index (χ3n) is 4.28. The quantitative estimate of drug-likeness (QED) is 0.137. The molecule has 0 saturated carbocycles. The molecule has 1 aromatic heterocycles. The van der Waals surface area contributed by atoms with E-state index >= 15 is 0 Å². The third kappa shape index (κ3) is 12.2. The van der Waals surface area contributed by atoms with Crippen molar-refractivity contribution in [1.29, 1.82) is 0 Å². The molecule has 0 saturated heterocycles. The average molecular weight is 492 g/mol. The Hall–Kier alpha value is -3.16. The Morgan fingerprint density at radius 1 is 0.771 bits per heavy atom. The number of para-hydroxylation sites is 1. The lowest BCUT2D eigenvalue weighted by Crippen LogP contribution is -2.14. The minimum absolute atomic E-state index is 0.0759. The zero-order chi connectivity index (χ0) is 25.1. The van der Waals surface area contributed by atoms with Crippen LogP contribution >= 0.6 is 0 Å². The van der Waals surface area contributed by atoms with E-state index in [2.05, 4.69) is 15.2 Å². The van der Waals surface area contributed by atoms with Crippen LogP contribution in [-0.2, 0) is 28.5 Å². The second-order valence-electron chi connectivity index (χ2n) is 6.97. The number of anilines is 2. The van der Waals surface area contributed by atoms with Gasteiger partial charge in [0.25, 0.3) is 0 Å². The Balaban J connectivity index is 1.58. The lowest BCUT2D eigenvalue weighted by atomic mass is 10.3. The number of esters is 1. The minimum atomic E-state index is -0.455. The highest BCUT2D eigenvalue weighted by Crippen LogP contribution is 2.30. The molecule has 2 aromatic rings. The van der Waals surface area contributed by atoms with Crippen molar-refractivity contribution in [2.45, 2.75) is 6.42 Å². The van der Waals surface area contributed by atoms with Crippen LogP contribution in [0, 0.1) is 0 Å². The summed E-state index contributed by atoms with van der Waals surface area (Å²) in [6.45, 7) is 4.02. The zero-order valence-electron chi connectivity index (χ0n) is 19.9. The number of ether oxygens (including phenoxy) is 6. The van der Waals surface area contributed by atoms with E-state index in [-0.39, 0.29) is 30.4 Å². The maximum absolute atomic E-state index is 12.2. The second kappa shape index (κ2) is 17.3. The highest BCUT2D eigenvalue weighted by atomic mass is 16.6. The van der Waals surface area contributed by atoms with Crippen molar-refractivity contribution >= 4 is 29.0 Å². The van der Waals surface area contributed by atoms with E-state index in [9.17, 15) is 4.79 Å². The number of hydrogen-bond donors (Lipinski definition) is 2. The Kier molecular flexibility index (Phi) is 13.9. The summed E-state index contributed by atoms with van der Waals surface area (Å²) >= 11 is 0. The van der Waals surface area contributed by atoms with E-state index in [0.717, 1.165) is 0 Å². The van der Waals surface area contributed by atoms with Crippen molar-refractivity contribution in [3.8, 4) is 5.75 Å². The van der Waals surface area contributed by atoms with Gasteiger partial charge in [-0.3, -0.25) is 4.79 Å². The van der Waals surface area contributed by atoms with Crippen molar-refractivity contribution in [3.05, 3.63) is 36.4 Å². The Bertz CT molecular complexity index is 914. The fourth-order valence-electron chi connectivity index (χ4n) is 2.53. The van der Waals surface area contributed by atoms with E-state index < -0.39 is 5.97 Å². The molecule has 0 aliphatic carbocycles. The standard InChI is InChI=1S/C23H33N5O7/c1-30-10-11-32-14-15-34-17-16-33-13-12-31-9-8-22(29)35-20-5-3-2-4-18(20)27-28-19-6-7-21(24)26-23(19)25/h2-7H,8-17H2,1H3,(H4,24,25,26). The molecule has 12 nitrogen and oxygen atoms in total. The average Bonchev–Trinajstić information content (AvgIpc) is 2.84. The van der Waals surface area contributed by atoms with Crippen molar-refractivity contribution in [2.75, 3.05) is 78.0 Å². The fourth-order valence-corrected chi connectivity index (χ4v) is 2.53. The summed E-state index contributed by atoms with van der Waals surface area (Å²) < 4.78 is 31.7. The molecular weight excluding hydrogens is 458 g/mol. The lowest BCUT2D eigenvalue weighted by molar-refractivity contribution is -0.135. The number of rotatable bonds is 18. The first kappa shape index (κ1) is 28.1. The third-order valence-corrected chi connectivity index (χ3v) is 4.28. The van der Waals surface area contributed by atoms with Crippen LogP contribution in [0.5, 0.6) is 5.75 Å². The number of nitrogens with two attached hydrogens (primary N) is 2. The van der Waals surface area contributed by atoms with Gasteiger partial charge in [0.1, 0.15) is 17.2 Å². The lowest BCUT2D eigenvalue weighted by Gasteiger charge is -2.08. The van der Waals surface area contributed by atoms with Gasteiger partial charge >= 0.3 is 5.97 Å². The van der Waals surface area contributed by atoms with Crippen LogP contribution in [0.2, 0.25) is 0 Å².